The molecule has 2 N–H and O–H groups in total. The van der Waals surface area contributed by atoms with Crippen LogP contribution in [0.1, 0.15) is 31.4 Å². The van der Waals surface area contributed by atoms with E-state index in [0.717, 1.165) is 12.2 Å². The first-order valence-electron chi connectivity index (χ1n) is 6.29. The summed E-state index contributed by atoms with van der Waals surface area (Å²) in [7, 11) is 3.32. The summed E-state index contributed by atoms with van der Waals surface area (Å²) >= 11 is 0. The number of nitrogens with one attached hydrogen (secondary N) is 2. The van der Waals surface area contributed by atoms with Gasteiger partial charge in [0.25, 0.3) is 0 Å². The number of benzene rings is 1. The summed E-state index contributed by atoms with van der Waals surface area (Å²) in [6, 6.07) is 8.30. The van der Waals surface area contributed by atoms with Crippen molar-refractivity contribution in [2.45, 2.75) is 25.8 Å². The third-order valence-corrected chi connectivity index (χ3v) is 2.95. The number of rotatable bonds is 7. The molecular weight excluding hydrogens is 228 g/mol. The fraction of sp³-hybridized carbons (Fsp3) is 0.500. The van der Waals surface area contributed by atoms with E-state index in [4.69, 9.17) is 4.74 Å². The number of ether oxygens (including phenoxy) is 1. The molecule has 0 saturated heterocycles. The van der Waals surface area contributed by atoms with Crippen molar-refractivity contribution in [1.82, 2.24) is 10.6 Å². The molecule has 1 rings (SSSR count). The molecule has 0 spiro atoms. The molecule has 100 valence electrons. The first kappa shape index (κ1) is 14.5. The molecule has 18 heavy (non-hydrogen) atoms. The largest absolute Gasteiger partial charge is 0.497 e. The van der Waals surface area contributed by atoms with E-state index in [1.54, 1.807) is 14.2 Å². The van der Waals surface area contributed by atoms with Crippen molar-refractivity contribution in [2.75, 3.05) is 20.7 Å². The van der Waals surface area contributed by atoms with Gasteiger partial charge in [0.2, 0.25) is 5.91 Å². The van der Waals surface area contributed by atoms with Gasteiger partial charge in [0.15, 0.2) is 0 Å². The number of carbonyl (C=O) groups excluding carboxylic acids is 1. The predicted octanol–water partition coefficient (Wildman–Crippen LogP) is 1.87. The van der Waals surface area contributed by atoms with Gasteiger partial charge in [-0.3, -0.25) is 4.79 Å². The van der Waals surface area contributed by atoms with Gasteiger partial charge in [-0.2, -0.15) is 0 Å². The van der Waals surface area contributed by atoms with E-state index in [1.165, 1.54) is 5.56 Å². The molecule has 0 radical (unpaired) electrons. The zero-order valence-electron chi connectivity index (χ0n) is 11.3. The molecule has 0 heterocycles. The van der Waals surface area contributed by atoms with E-state index in [2.05, 4.69) is 29.7 Å². The van der Waals surface area contributed by atoms with Gasteiger partial charge in [0.1, 0.15) is 5.75 Å². The smallest absolute Gasteiger partial charge is 0.221 e. The van der Waals surface area contributed by atoms with Crippen LogP contribution in [0.4, 0.5) is 0 Å². The van der Waals surface area contributed by atoms with E-state index >= 15 is 0 Å². The topological polar surface area (TPSA) is 50.4 Å². The Kier molecular flexibility index (Phi) is 6.22. The van der Waals surface area contributed by atoms with E-state index in [0.29, 0.717) is 13.0 Å². The summed E-state index contributed by atoms with van der Waals surface area (Å²) in [6.45, 7) is 2.81. The summed E-state index contributed by atoms with van der Waals surface area (Å²) in [6.07, 6.45) is 1.49. The summed E-state index contributed by atoms with van der Waals surface area (Å²) in [5.41, 5.74) is 1.22. The lowest BCUT2D eigenvalue weighted by molar-refractivity contribution is -0.120. The predicted molar refractivity (Wildman–Crippen MR) is 72.7 cm³/mol. The van der Waals surface area contributed by atoms with Gasteiger partial charge in [-0.15, -0.1) is 0 Å². The Morgan fingerprint density at radius 3 is 2.50 bits per heavy atom. The van der Waals surface area contributed by atoms with Crippen LogP contribution in [-0.2, 0) is 4.79 Å². The molecule has 0 saturated carbocycles. The quantitative estimate of drug-likeness (QED) is 0.776. The number of hydrogen-bond donors (Lipinski definition) is 2. The Bertz CT molecular complexity index is 363. The molecule has 0 aromatic heterocycles. The molecule has 1 amide bonds. The zero-order valence-corrected chi connectivity index (χ0v) is 11.3. The van der Waals surface area contributed by atoms with Crippen LogP contribution in [0.2, 0.25) is 0 Å². The van der Waals surface area contributed by atoms with Gasteiger partial charge in [0, 0.05) is 26.1 Å². The second-order valence-corrected chi connectivity index (χ2v) is 4.11. The lowest BCUT2D eigenvalue weighted by Crippen LogP contribution is -2.27. The molecular formula is C14H22N2O2. The number of methoxy groups -OCH3 is 1. The minimum Gasteiger partial charge on any atom is -0.497 e. The minimum atomic E-state index is 0.0621. The molecule has 0 fully saturated rings. The van der Waals surface area contributed by atoms with Gasteiger partial charge in [-0.1, -0.05) is 19.1 Å². The molecule has 4 heteroatoms. The van der Waals surface area contributed by atoms with E-state index in [1.807, 2.05) is 12.1 Å². The lowest BCUT2D eigenvalue weighted by atomic mass is 10.0. The number of hydrogen-bond acceptors (Lipinski definition) is 3. The van der Waals surface area contributed by atoms with Gasteiger partial charge in [-0.05, 0) is 24.1 Å². The monoisotopic (exact) mass is 250 g/mol. The van der Waals surface area contributed by atoms with Crippen LogP contribution in [0.25, 0.3) is 0 Å². The standard InChI is InChI=1S/C14H22N2O2/c1-4-13(16-10-9-14(17)15-2)11-5-7-12(18-3)8-6-11/h5-8,13,16H,4,9-10H2,1-3H3,(H,15,17). The molecule has 1 aromatic carbocycles. The highest BCUT2D eigenvalue weighted by molar-refractivity contribution is 5.75. The molecule has 0 bridgehead atoms. The van der Waals surface area contributed by atoms with Gasteiger partial charge < -0.3 is 15.4 Å². The average Bonchev–Trinajstić information content (AvgIpc) is 2.43. The molecule has 1 atom stereocenters. The first-order chi connectivity index (χ1) is 8.71. The fourth-order valence-corrected chi connectivity index (χ4v) is 1.82. The van der Waals surface area contributed by atoms with Crippen molar-refractivity contribution in [3.63, 3.8) is 0 Å². The molecule has 4 nitrogen and oxygen atoms in total. The molecule has 0 aliphatic heterocycles. The first-order valence-corrected chi connectivity index (χ1v) is 6.29. The molecule has 1 aromatic rings. The Morgan fingerprint density at radius 2 is 2.00 bits per heavy atom. The minimum absolute atomic E-state index is 0.0621. The Labute approximate surface area is 109 Å². The van der Waals surface area contributed by atoms with Crippen molar-refractivity contribution in [3.8, 4) is 5.75 Å². The molecule has 0 aliphatic carbocycles. The van der Waals surface area contributed by atoms with E-state index < -0.39 is 0 Å². The normalized spacial score (nSPS) is 11.9. The van der Waals surface area contributed by atoms with Gasteiger partial charge >= 0.3 is 0 Å². The van der Waals surface area contributed by atoms with Crippen LogP contribution in [0.5, 0.6) is 5.75 Å². The summed E-state index contributed by atoms with van der Waals surface area (Å²) in [5.74, 6) is 0.922. The summed E-state index contributed by atoms with van der Waals surface area (Å²) in [5, 5.41) is 6.00. The number of amides is 1. The highest BCUT2D eigenvalue weighted by Gasteiger charge is 2.09. The van der Waals surface area contributed by atoms with Gasteiger partial charge in [-0.25, -0.2) is 0 Å². The van der Waals surface area contributed by atoms with Gasteiger partial charge in [0.05, 0.1) is 7.11 Å². The average molecular weight is 250 g/mol. The van der Waals surface area contributed by atoms with Crippen molar-refractivity contribution < 1.29 is 9.53 Å². The van der Waals surface area contributed by atoms with Crippen molar-refractivity contribution >= 4 is 5.91 Å². The Morgan fingerprint density at radius 1 is 1.33 bits per heavy atom. The Hall–Kier alpha value is -1.55. The van der Waals surface area contributed by atoms with Crippen LogP contribution in [-0.4, -0.2) is 26.6 Å². The maximum atomic E-state index is 11.1. The third kappa shape index (κ3) is 4.37. The van der Waals surface area contributed by atoms with Crippen LogP contribution in [0.3, 0.4) is 0 Å². The van der Waals surface area contributed by atoms with E-state index in [-0.39, 0.29) is 11.9 Å². The highest BCUT2D eigenvalue weighted by Crippen LogP contribution is 2.19. The number of carbonyl (C=O) groups is 1. The summed E-state index contributed by atoms with van der Waals surface area (Å²) < 4.78 is 5.14. The maximum absolute atomic E-state index is 11.1. The molecule has 0 aliphatic rings. The van der Waals surface area contributed by atoms with Crippen LogP contribution in [0, 0.1) is 0 Å². The van der Waals surface area contributed by atoms with Crippen LogP contribution >= 0.6 is 0 Å². The zero-order chi connectivity index (χ0) is 13.4. The SMILES string of the molecule is CCC(NCCC(=O)NC)c1ccc(OC)cc1. The Balaban J connectivity index is 2.51. The third-order valence-electron chi connectivity index (χ3n) is 2.95. The second-order valence-electron chi connectivity index (χ2n) is 4.11. The van der Waals surface area contributed by atoms with E-state index in [9.17, 15) is 4.79 Å². The van der Waals surface area contributed by atoms with Crippen LogP contribution < -0.4 is 15.4 Å². The molecule has 1 unspecified atom stereocenters. The van der Waals surface area contributed by atoms with Crippen LogP contribution in [0.15, 0.2) is 24.3 Å². The van der Waals surface area contributed by atoms with Crippen molar-refractivity contribution in [2.24, 2.45) is 0 Å². The van der Waals surface area contributed by atoms with Crippen molar-refractivity contribution in [3.05, 3.63) is 29.8 Å². The maximum Gasteiger partial charge on any atom is 0.221 e. The second kappa shape index (κ2) is 7.71. The lowest BCUT2D eigenvalue weighted by Gasteiger charge is -2.17. The fourth-order valence-electron chi connectivity index (χ4n) is 1.82. The summed E-state index contributed by atoms with van der Waals surface area (Å²) in [4.78, 5) is 11.1. The van der Waals surface area contributed by atoms with Crippen molar-refractivity contribution in [1.29, 1.82) is 0 Å². The highest BCUT2D eigenvalue weighted by atomic mass is 16.5.